The van der Waals surface area contributed by atoms with E-state index < -0.39 is 0 Å². The first-order valence-electron chi connectivity index (χ1n) is 8.96. The predicted octanol–water partition coefficient (Wildman–Crippen LogP) is 7.05. The van der Waals surface area contributed by atoms with Crippen molar-refractivity contribution in [2.24, 2.45) is 0 Å². The molecule has 0 fully saturated rings. The van der Waals surface area contributed by atoms with Gasteiger partial charge in [-0.1, -0.05) is 96.4 Å². The number of benzene rings is 3. The molecule has 0 amide bonds. The summed E-state index contributed by atoms with van der Waals surface area (Å²) < 4.78 is 0. The third-order valence-electron chi connectivity index (χ3n) is 4.83. The Hall–Kier alpha value is -3.34. The molecular weight excluding hydrogens is 344 g/mol. The van der Waals surface area contributed by atoms with Crippen molar-refractivity contribution in [3.8, 4) is 11.1 Å². The number of hydrogen-bond acceptors (Lipinski definition) is 1. The second-order valence-corrected chi connectivity index (χ2v) is 7.38. The van der Waals surface area contributed by atoms with Gasteiger partial charge in [-0.25, -0.2) is 0 Å². The lowest BCUT2D eigenvalue weighted by Gasteiger charge is -2.01. The number of rotatable bonds is 2. The first-order chi connectivity index (χ1) is 13.4. The monoisotopic (exact) mass is 360 g/mol. The van der Waals surface area contributed by atoms with E-state index in [1.807, 2.05) is 6.07 Å². The largest absolute Gasteiger partial charge is 0.143 e. The minimum Gasteiger partial charge on any atom is -0.143 e. The molecule has 4 aromatic rings. The first-order valence-corrected chi connectivity index (χ1v) is 9.84. The maximum absolute atomic E-state index is 3.52. The summed E-state index contributed by atoms with van der Waals surface area (Å²) in [5, 5.41) is 2.10. The standard InChI is InChI=1S/C26H16S/c1-2-9-19(10-3-1)20(26-15-8-18-27-26)16-17-25-23-13-6-4-11-21(23)22-12-5-7-14-24(22)25/h1-15,18H. The minimum absolute atomic E-state index is 1.08. The molecule has 0 unspecified atom stereocenters. The van der Waals surface area contributed by atoms with Gasteiger partial charge in [0.2, 0.25) is 0 Å². The van der Waals surface area contributed by atoms with E-state index in [9.17, 15) is 0 Å². The van der Waals surface area contributed by atoms with Gasteiger partial charge in [0.05, 0.1) is 0 Å². The van der Waals surface area contributed by atoms with Gasteiger partial charge in [-0.2, -0.15) is 0 Å². The molecule has 1 aromatic heterocycles. The van der Waals surface area contributed by atoms with E-state index in [2.05, 4.69) is 102 Å². The highest BCUT2D eigenvalue weighted by Crippen LogP contribution is 2.43. The van der Waals surface area contributed by atoms with Crippen molar-refractivity contribution in [3.63, 3.8) is 0 Å². The average Bonchev–Trinajstić information content (AvgIpc) is 3.37. The van der Waals surface area contributed by atoms with Gasteiger partial charge >= 0.3 is 0 Å². The maximum atomic E-state index is 3.52. The highest BCUT2D eigenvalue weighted by atomic mass is 32.1. The number of hydrogen-bond donors (Lipinski definition) is 0. The Morgan fingerprint density at radius 3 is 1.78 bits per heavy atom. The molecule has 27 heavy (non-hydrogen) atoms. The van der Waals surface area contributed by atoms with Crippen LogP contribution >= 0.6 is 11.3 Å². The van der Waals surface area contributed by atoms with Crippen molar-refractivity contribution in [3.05, 3.63) is 129 Å². The summed E-state index contributed by atoms with van der Waals surface area (Å²) in [5.41, 5.74) is 15.4. The second kappa shape index (κ2) is 6.76. The van der Waals surface area contributed by atoms with Crippen LogP contribution in [0.2, 0.25) is 0 Å². The zero-order valence-electron chi connectivity index (χ0n) is 14.6. The summed E-state index contributed by atoms with van der Waals surface area (Å²) >= 11 is 1.73. The molecule has 0 spiro atoms. The summed E-state index contributed by atoms with van der Waals surface area (Å²) in [4.78, 5) is 1.20. The quantitative estimate of drug-likeness (QED) is 0.296. The lowest BCUT2D eigenvalue weighted by molar-refractivity contribution is 1.61. The molecule has 1 heterocycles. The van der Waals surface area contributed by atoms with Gasteiger partial charge in [-0.05, 0) is 39.3 Å². The Labute approximate surface area is 163 Å². The summed E-state index contributed by atoms with van der Waals surface area (Å²) in [7, 11) is 0. The molecule has 0 nitrogen and oxygen atoms in total. The summed E-state index contributed by atoms with van der Waals surface area (Å²) in [6, 6.07) is 31.8. The van der Waals surface area contributed by atoms with Crippen LogP contribution in [0, 0.1) is 0 Å². The van der Waals surface area contributed by atoms with Crippen LogP contribution in [0.5, 0.6) is 0 Å². The Morgan fingerprint density at radius 1 is 0.593 bits per heavy atom. The van der Waals surface area contributed by atoms with E-state index >= 15 is 0 Å². The highest BCUT2D eigenvalue weighted by Gasteiger charge is 2.22. The van der Waals surface area contributed by atoms with Crippen molar-refractivity contribution in [2.75, 3.05) is 0 Å². The Balaban J connectivity index is 1.83. The fourth-order valence-corrected chi connectivity index (χ4v) is 4.33. The topological polar surface area (TPSA) is 0 Å². The van der Waals surface area contributed by atoms with E-state index in [1.165, 1.54) is 27.1 Å². The van der Waals surface area contributed by atoms with Crippen LogP contribution in [0.1, 0.15) is 21.6 Å². The van der Waals surface area contributed by atoms with Crippen LogP contribution in [0.15, 0.2) is 108 Å². The molecule has 0 radical (unpaired) electrons. The van der Waals surface area contributed by atoms with Gasteiger partial charge in [-0.3, -0.25) is 0 Å². The molecule has 126 valence electrons. The van der Waals surface area contributed by atoms with Crippen LogP contribution in [-0.4, -0.2) is 0 Å². The van der Waals surface area contributed by atoms with Gasteiger partial charge in [0, 0.05) is 16.0 Å². The van der Waals surface area contributed by atoms with E-state index in [-0.39, 0.29) is 0 Å². The lowest BCUT2D eigenvalue weighted by atomic mass is 10.0. The highest BCUT2D eigenvalue weighted by molar-refractivity contribution is 7.11. The zero-order valence-corrected chi connectivity index (χ0v) is 15.5. The maximum Gasteiger partial charge on any atom is 0.0493 e. The van der Waals surface area contributed by atoms with E-state index in [0.29, 0.717) is 0 Å². The fraction of sp³-hybridized carbons (Fsp3) is 0. The first kappa shape index (κ1) is 15.9. The molecular formula is C26H16S. The fourth-order valence-electron chi connectivity index (χ4n) is 3.58. The zero-order chi connectivity index (χ0) is 18.1. The Morgan fingerprint density at radius 2 is 1.19 bits per heavy atom. The normalized spacial score (nSPS) is 11.3. The number of fused-ring (bicyclic) bond motifs is 3. The van der Waals surface area contributed by atoms with Crippen molar-refractivity contribution < 1.29 is 0 Å². The molecule has 0 saturated carbocycles. The van der Waals surface area contributed by atoms with Gasteiger partial charge in [0.25, 0.3) is 0 Å². The van der Waals surface area contributed by atoms with Crippen LogP contribution < -0.4 is 0 Å². The van der Waals surface area contributed by atoms with Crippen molar-refractivity contribution in [1.29, 1.82) is 0 Å². The van der Waals surface area contributed by atoms with E-state index in [0.717, 1.165) is 16.7 Å². The summed E-state index contributed by atoms with van der Waals surface area (Å²) in [6.45, 7) is 0. The van der Waals surface area contributed by atoms with Gasteiger partial charge in [-0.15, -0.1) is 11.3 Å². The van der Waals surface area contributed by atoms with Gasteiger partial charge < -0.3 is 0 Å². The molecule has 1 heteroatoms. The van der Waals surface area contributed by atoms with Crippen LogP contribution in [-0.2, 0) is 0 Å². The molecule has 0 aliphatic heterocycles. The van der Waals surface area contributed by atoms with Crippen molar-refractivity contribution >= 4 is 22.5 Å². The van der Waals surface area contributed by atoms with Crippen molar-refractivity contribution in [2.45, 2.75) is 0 Å². The van der Waals surface area contributed by atoms with Crippen LogP contribution in [0.3, 0.4) is 0 Å². The molecule has 5 rings (SSSR count). The smallest absolute Gasteiger partial charge is 0.0493 e. The molecule has 0 saturated heterocycles. The molecule has 3 aromatic carbocycles. The predicted molar refractivity (Wildman–Crippen MR) is 115 cm³/mol. The van der Waals surface area contributed by atoms with Gasteiger partial charge in [0.15, 0.2) is 0 Å². The molecule has 0 bridgehead atoms. The van der Waals surface area contributed by atoms with Crippen LogP contribution in [0.4, 0.5) is 0 Å². The Bertz CT molecular complexity index is 1170. The average molecular weight is 360 g/mol. The van der Waals surface area contributed by atoms with E-state index in [4.69, 9.17) is 0 Å². The van der Waals surface area contributed by atoms with Gasteiger partial charge in [0.1, 0.15) is 0 Å². The SMILES string of the molecule is C(=C=C1c2ccccc2-c2ccccc21)=C(c1ccccc1)c1cccs1. The van der Waals surface area contributed by atoms with Crippen LogP contribution in [0.25, 0.3) is 22.3 Å². The summed E-state index contributed by atoms with van der Waals surface area (Å²) in [6.07, 6.45) is 0. The molecule has 0 N–H and O–H groups in total. The Kier molecular flexibility index (Phi) is 3.98. The summed E-state index contributed by atoms with van der Waals surface area (Å²) in [5.74, 6) is 0. The molecule has 0 atom stereocenters. The third kappa shape index (κ3) is 2.81. The number of thiophene rings is 1. The molecule has 1 aliphatic carbocycles. The van der Waals surface area contributed by atoms with E-state index in [1.54, 1.807) is 11.3 Å². The second-order valence-electron chi connectivity index (χ2n) is 6.43. The third-order valence-corrected chi connectivity index (χ3v) is 5.71. The van der Waals surface area contributed by atoms with Crippen molar-refractivity contribution in [1.82, 2.24) is 0 Å². The molecule has 1 aliphatic rings. The minimum atomic E-state index is 1.08. The lowest BCUT2D eigenvalue weighted by Crippen LogP contribution is -1.82.